The second-order valence-electron chi connectivity index (χ2n) is 2.78. The molecule has 0 N–H and O–H groups in total. The van der Waals surface area contributed by atoms with Crippen LogP contribution in [-0.4, -0.2) is 22.4 Å². The largest absolute Gasteiger partial charge is 0.296 e. The maximum absolute atomic E-state index is 11.4. The molecule has 2 heterocycles. The normalized spacial score (nSPS) is 14.9. The molecule has 0 radical (unpaired) electrons. The van der Waals surface area contributed by atoms with Crippen molar-refractivity contribution in [3.63, 3.8) is 0 Å². The van der Waals surface area contributed by atoms with E-state index in [-0.39, 0.29) is 5.91 Å². The molecule has 2 rings (SSSR count). The average Bonchev–Trinajstić information content (AvgIpc) is 2.43. The van der Waals surface area contributed by atoms with Gasteiger partial charge in [-0.25, -0.2) is 9.97 Å². The Balaban J connectivity index is 2.54. The lowest BCUT2D eigenvalue weighted by molar-refractivity contribution is -0.117. The third-order valence-electron chi connectivity index (χ3n) is 2.07. The number of hydrogen-bond donors (Lipinski definition) is 0. The average molecular weight is 198 g/mol. The Kier molecular flexibility index (Phi) is 1.92. The minimum atomic E-state index is 0.0416. The van der Waals surface area contributed by atoms with Crippen LogP contribution in [0.3, 0.4) is 0 Å². The molecule has 0 bridgehead atoms. The van der Waals surface area contributed by atoms with Gasteiger partial charge in [-0.05, 0) is 6.92 Å². The van der Waals surface area contributed by atoms with Crippen molar-refractivity contribution in [1.29, 1.82) is 0 Å². The summed E-state index contributed by atoms with van der Waals surface area (Å²) in [6.07, 6.45) is 1.70. The predicted molar refractivity (Wildman–Crippen MR) is 48.8 cm³/mol. The van der Waals surface area contributed by atoms with Crippen LogP contribution < -0.4 is 4.90 Å². The van der Waals surface area contributed by atoms with Gasteiger partial charge >= 0.3 is 0 Å². The van der Waals surface area contributed by atoms with Crippen LogP contribution in [0.1, 0.15) is 12.5 Å². The van der Waals surface area contributed by atoms with Crippen molar-refractivity contribution in [1.82, 2.24) is 9.97 Å². The van der Waals surface area contributed by atoms with Crippen LogP contribution in [0, 0.1) is 0 Å². The van der Waals surface area contributed by atoms with E-state index in [4.69, 9.17) is 11.6 Å². The molecule has 0 spiro atoms. The lowest BCUT2D eigenvalue weighted by Gasteiger charge is -2.12. The van der Waals surface area contributed by atoms with Gasteiger partial charge in [0.15, 0.2) is 0 Å². The molecule has 1 aromatic heterocycles. The van der Waals surface area contributed by atoms with E-state index in [1.807, 2.05) is 6.92 Å². The summed E-state index contributed by atoms with van der Waals surface area (Å²) >= 11 is 5.83. The fraction of sp³-hybridized carbons (Fsp3) is 0.375. The van der Waals surface area contributed by atoms with Gasteiger partial charge in [0.25, 0.3) is 0 Å². The van der Waals surface area contributed by atoms with Gasteiger partial charge in [0.2, 0.25) is 5.91 Å². The van der Waals surface area contributed by atoms with Crippen LogP contribution >= 0.6 is 11.6 Å². The maximum Gasteiger partial charge on any atom is 0.232 e. The third kappa shape index (κ3) is 1.18. The van der Waals surface area contributed by atoms with E-state index >= 15 is 0 Å². The summed E-state index contributed by atoms with van der Waals surface area (Å²) in [4.78, 5) is 20.9. The number of nitrogens with zero attached hydrogens (tertiary/aromatic N) is 3. The first kappa shape index (κ1) is 8.44. The number of rotatable bonds is 1. The van der Waals surface area contributed by atoms with E-state index in [0.717, 1.165) is 5.56 Å². The molecule has 4 nitrogen and oxygen atoms in total. The zero-order chi connectivity index (χ0) is 9.42. The summed E-state index contributed by atoms with van der Waals surface area (Å²) in [5.41, 5.74) is 0.746. The second kappa shape index (κ2) is 2.96. The monoisotopic (exact) mass is 197 g/mol. The van der Waals surface area contributed by atoms with Crippen LogP contribution in [-0.2, 0) is 11.2 Å². The van der Waals surface area contributed by atoms with E-state index < -0.39 is 0 Å². The Morgan fingerprint density at radius 1 is 1.62 bits per heavy atom. The summed E-state index contributed by atoms with van der Waals surface area (Å²) in [5, 5.41) is 0.384. The molecule has 0 saturated heterocycles. The van der Waals surface area contributed by atoms with Crippen LogP contribution in [0.15, 0.2) is 6.33 Å². The molecule has 0 atom stereocenters. The summed E-state index contributed by atoms with van der Waals surface area (Å²) in [6, 6.07) is 0. The summed E-state index contributed by atoms with van der Waals surface area (Å²) < 4.78 is 0. The molecule has 0 aliphatic carbocycles. The highest BCUT2D eigenvalue weighted by atomic mass is 35.5. The zero-order valence-corrected chi connectivity index (χ0v) is 7.88. The number of anilines is 1. The molecule has 1 amide bonds. The summed E-state index contributed by atoms with van der Waals surface area (Å²) in [6.45, 7) is 2.53. The highest BCUT2D eigenvalue weighted by molar-refractivity contribution is 6.31. The lowest BCUT2D eigenvalue weighted by atomic mass is 10.3. The van der Waals surface area contributed by atoms with E-state index in [1.165, 1.54) is 6.33 Å². The first-order chi connectivity index (χ1) is 6.24. The van der Waals surface area contributed by atoms with Crippen molar-refractivity contribution in [2.24, 2.45) is 0 Å². The van der Waals surface area contributed by atoms with E-state index in [0.29, 0.717) is 23.9 Å². The zero-order valence-electron chi connectivity index (χ0n) is 7.12. The lowest BCUT2D eigenvalue weighted by Crippen LogP contribution is -2.26. The van der Waals surface area contributed by atoms with Gasteiger partial charge < -0.3 is 0 Å². The molecule has 5 heteroatoms. The van der Waals surface area contributed by atoms with Gasteiger partial charge in [-0.15, -0.1) is 0 Å². The summed E-state index contributed by atoms with van der Waals surface area (Å²) in [5.74, 6) is 0.701. The highest BCUT2D eigenvalue weighted by Gasteiger charge is 2.29. The van der Waals surface area contributed by atoms with Crippen LogP contribution in [0.25, 0.3) is 0 Å². The van der Waals surface area contributed by atoms with E-state index in [2.05, 4.69) is 9.97 Å². The number of halogens is 1. The molecular formula is C8H8ClN3O. The third-order valence-corrected chi connectivity index (χ3v) is 2.40. The summed E-state index contributed by atoms with van der Waals surface area (Å²) in [7, 11) is 0. The fourth-order valence-corrected chi connectivity index (χ4v) is 1.65. The molecule has 1 aliphatic heterocycles. The van der Waals surface area contributed by atoms with Gasteiger partial charge in [0.1, 0.15) is 17.3 Å². The van der Waals surface area contributed by atoms with Crippen LogP contribution in [0.4, 0.5) is 5.82 Å². The quantitative estimate of drug-likeness (QED) is 0.632. The molecule has 13 heavy (non-hydrogen) atoms. The number of carbonyl (C=O) groups is 1. The minimum Gasteiger partial charge on any atom is -0.296 e. The van der Waals surface area contributed by atoms with Gasteiger partial charge in [0, 0.05) is 12.1 Å². The smallest absolute Gasteiger partial charge is 0.232 e. The van der Waals surface area contributed by atoms with Crippen LogP contribution in [0.2, 0.25) is 5.15 Å². The van der Waals surface area contributed by atoms with Gasteiger partial charge in [-0.1, -0.05) is 11.6 Å². The fourth-order valence-electron chi connectivity index (χ4n) is 1.46. The predicted octanol–water partition coefficient (Wildman–Crippen LogP) is 1.04. The maximum atomic E-state index is 11.4. The van der Waals surface area contributed by atoms with Crippen molar-refractivity contribution in [2.45, 2.75) is 13.3 Å². The number of hydrogen-bond acceptors (Lipinski definition) is 3. The number of fused-ring (bicyclic) bond motifs is 1. The van der Waals surface area contributed by atoms with Crippen LogP contribution in [0.5, 0.6) is 0 Å². The molecule has 68 valence electrons. The highest BCUT2D eigenvalue weighted by Crippen LogP contribution is 2.29. The van der Waals surface area contributed by atoms with E-state index in [9.17, 15) is 4.79 Å². The molecule has 0 saturated carbocycles. The molecule has 0 aromatic carbocycles. The standard InChI is InChI=1S/C8H8ClN3O/c1-2-12-6(13)3-5-7(9)10-4-11-8(5)12/h4H,2-3H2,1H3. The first-order valence-corrected chi connectivity index (χ1v) is 4.41. The topological polar surface area (TPSA) is 46.1 Å². The molecule has 1 aliphatic rings. The minimum absolute atomic E-state index is 0.0416. The molecule has 0 fully saturated rings. The van der Waals surface area contributed by atoms with Crippen molar-refractivity contribution in [2.75, 3.05) is 11.4 Å². The van der Waals surface area contributed by atoms with Crippen molar-refractivity contribution >= 4 is 23.3 Å². The van der Waals surface area contributed by atoms with Crippen molar-refractivity contribution in [3.8, 4) is 0 Å². The molecule has 1 aromatic rings. The van der Waals surface area contributed by atoms with Gasteiger partial charge in [-0.3, -0.25) is 9.69 Å². The Labute approximate surface area is 80.5 Å². The van der Waals surface area contributed by atoms with Crippen molar-refractivity contribution in [3.05, 3.63) is 17.0 Å². The Bertz CT molecular complexity index is 366. The molecule has 0 unspecified atom stereocenters. The Morgan fingerprint density at radius 2 is 2.38 bits per heavy atom. The van der Waals surface area contributed by atoms with Gasteiger partial charge in [0.05, 0.1) is 6.42 Å². The number of aromatic nitrogens is 2. The molecular weight excluding hydrogens is 190 g/mol. The SMILES string of the molecule is CCN1C(=O)Cc2c(Cl)ncnc21. The van der Waals surface area contributed by atoms with E-state index in [1.54, 1.807) is 4.90 Å². The Morgan fingerprint density at radius 3 is 3.08 bits per heavy atom. The first-order valence-electron chi connectivity index (χ1n) is 4.03. The van der Waals surface area contributed by atoms with Gasteiger partial charge in [-0.2, -0.15) is 0 Å². The second-order valence-corrected chi connectivity index (χ2v) is 3.14. The number of amides is 1. The van der Waals surface area contributed by atoms with Crippen molar-refractivity contribution < 1.29 is 4.79 Å². The number of likely N-dealkylation sites (N-methyl/N-ethyl adjacent to an activating group) is 1. The number of carbonyl (C=O) groups excluding carboxylic acids is 1. The Hall–Kier alpha value is -1.16.